The second kappa shape index (κ2) is 8.31. The molecule has 0 aliphatic rings. The molecule has 0 atom stereocenters. The number of hydrogen-bond acceptors (Lipinski definition) is 3. The summed E-state index contributed by atoms with van der Waals surface area (Å²) in [5.41, 5.74) is 0. The van der Waals surface area contributed by atoms with Crippen LogP contribution in [0.15, 0.2) is 0 Å². The summed E-state index contributed by atoms with van der Waals surface area (Å²) in [7, 11) is -4.67. The van der Waals surface area contributed by atoms with Gasteiger partial charge >= 0.3 is 10.4 Å². The largest absolute Gasteiger partial charge is 0.394 e. The zero-order valence-electron chi connectivity index (χ0n) is 3.43. The zero-order valence-corrected chi connectivity index (χ0v) is 7.21. The van der Waals surface area contributed by atoms with Crippen LogP contribution >= 0.6 is 0 Å². The molecule has 5 nitrogen and oxygen atoms in total. The van der Waals surface area contributed by atoms with Crippen LogP contribution in [0.3, 0.4) is 0 Å². The second-order valence-corrected chi connectivity index (χ2v) is 1.34. The first-order valence-corrected chi connectivity index (χ1v) is 2.10. The predicted molar refractivity (Wildman–Crippen MR) is 19.2 cm³/mol. The standard InChI is InChI=1S/2Ag.H3N.H2O4S/c;;;1-5(2,3)4/h;;1H3;(H2,1,2,3,4). The third-order valence-electron chi connectivity index (χ3n) is 0. The maximum Gasteiger partial charge on any atom is 0.394 e. The SMILES string of the molecule is N.O=S(=O)(O)O.[Ag].[Ag]. The molecule has 0 heterocycles. The summed E-state index contributed by atoms with van der Waals surface area (Å²) in [6.45, 7) is 0. The third kappa shape index (κ3) is 170. The molecule has 0 unspecified atom stereocenters. The van der Waals surface area contributed by atoms with E-state index >= 15 is 0 Å². The summed E-state index contributed by atoms with van der Waals surface area (Å²) >= 11 is 0. The molecule has 0 spiro atoms. The Morgan fingerprint density at radius 2 is 1.00 bits per heavy atom. The Kier molecular flexibility index (Phi) is 23.7. The van der Waals surface area contributed by atoms with E-state index in [9.17, 15) is 0 Å². The fourth-order valence-electron chi connectivity index (χ4n) is 0. The minimum atomic E-state index is -4.67. The van der Waals surface area contributed by atoms with Crippen molar-refractivity contribution in [1.29, 1.82) is 0 Å². The van der Waals surface area contributed by atoms with Crippen LogP contribution in [0.4, 0.5) is 0 Å². The Balaban J connectivity index is -0.0000000267. The van der Waals surface area contributed by atoms with E-state index in [1.807, 2.05) is 0 Å². The Bertz CT molecular complexity index is 97.2. The zero-order chi connectivity index (χ0) is 4.50. The molecule has 62 valence electrons. The molecule has 0 saturated heterocycles. The topological polar surface area (TPSA) is 110 Å². The van der Waals surface area contributed by atoms with Gasteiger partial charge < -0.3 is 6.15 Å². The van der Waals surface area contributed by atoms with Crippen molar-refractivity contribution in [1.82, 2.24) is 6.15 Å². The fourth-order valence-corrected chi connectivity index (χ4v) is 0. The van der Waals surface area contributed by atoms with E-state index in [0.717, 1.165) is 0 Å². The van der Waals surface area contributed by atoms with Crippen LogP contribution in [-0.4, -0.2) is 17.5 Å². The van der Waals surface area contributed by atoms with Crippen molar-refractivity contribution < 1.29 is 62.3 Å². The van der Waals surface area contributed by atoms with Gasteiger partial charge in [0, 0.05) is 44.8 Å². The maximum absolute atomic E-state index is 8.74. The van der Waals surface area contributed by atoms with Gasteiger partial charge in [0.15, 0.2) is 0 Å². The van der Waals surface area contributed by atoms with E-state index in [2.05, 4.69) is 0 Å². The van der Waals surface area contributed by atoms with Crippen LogP contribution in [0.5, 0.6) is 0 Å². The van der Waals surface area contributed by atoms with Crippen molar-refractivity contribution >= 4 is 10.4 Å². The summed E-state index contributed by atoms with van der Waals surface area (Å²) in [5, 5.41) is 0. The van der Waals surface area contributed by atoms with Crippen molar-refractivity contribution in [3.63, 3.8) is 0 Å². The summed E-state index contributed by atoms with van der Waals surface area (Å²) in [6, 6.07) is 0. The number of hydrogen-bond donors (Lipinski definition) is 3. The first-order chi connectivity index (χ1) is 2.00. The molecule has 0 fully saturated rings. The average molecular weight is 331 g/mol. The van der Waals surface area contributed by atoms with Gasteiger partial charge in [0.1, 0.15) is 0 Å². The van der Waals surface area contributed by atoms with Crippen LogP contribution in [0.25, 0.3) is 0 Å². The molecule has 0 saturated carbocycles. The summed E-state index contributed by atoms with van der Waals surface area (Å²) in [5.74, 6) is 0. The van der Waals surface area contributed by atoms with Gasteiger partial charge in [-0.1, -0.05) is 0 Å². The Morgan fingerprint density at radius 3 is 1.00 bits per heavy atom. The van der Waals surface area contributed by atoms with Gasteiger partial charge in [-0.3, -0.25) is 9.11 Å². The monoisotopic (exact) mass is 329 g/mol. The summed E-state index contributed by atoms with van der Waals surface area (Å²) in [4.78, 5) is 0. The molecule has 0 amide bonds. The predicted octanol–water partition coefficient (Wildman–Crippen LogP) is -0.496. The molecule has 2 radical (unpaired) electrons. The van der Waals surface area contributed by atoms with Gasteiger partial charge in [0.2, 0.25) is 0 Å². The Hall–Kier alpha value is 1.31. The molecule has 0 aromatic carbocycles. The van der Waals surface area contributed by atoms with E-state index < -0.39 is 10.4 Å². The van der Waals surface area contributed by atoms with E-state index in [4.69, 9.17) is 17.5 Å². The van der Waals surface area contributed by atoms with Gasteiger partial charge in [-0.2, -0.15) is 8.42 Å². The van der Waals surface area contributed by atoms with Crippen molar-refractivity contribution in [2.24, 2.45) is 0 Å². The van der Waals surface area contributed by atoms with Gasteiger partial charge in [-0.05, 0) is 0 Å². The third-order valence-corrected chi connectivity index (χ3v) is 0. The van der Waals surface area contributed by atoms with Gasteiger partial charge in [-0.15, -0.1) is 0 Å². The quantitative estimate of drug-likeness (QED) is 0.410. The molecule has 0 aromatic heterocycles. The van der Waals surface area contributed by atoms with Gasteiger partial charge in [0.25, 0.3) is 0 Å². The molecular weight excluding hydrogens is 326 g/mol. The van der Waals surface area contributed by atoms with Gasteiger partial charge in [0.05, 0.1) is 0 Å². The average Bonchev–Trinajstić information content (AvgIpc) is 0.722. The van der Waals surface area contributed by atoms with Crippen LogP contribution in [-0.2, 0) is 55.2 Å². The van der Waals surface area contributed by atoms with Crippen LogP contribution in [0.2, 0.25) is 0 Å². The Labute approximate surface area is 78.4 Å². The molecule has 8 heavy (non-hydrogen) atoms. The normalized spacial score (nSPS) is 7.25. The van der Waals surface area contributed by atoms with E-state index in [1.54, 1.807) is 0 Å². The van der Waals surface area contributed by atoms with Crippen molar-refractivity contribution in [3.05, 3.63) is 0 Å². The molecule has 0 aliphatic carbocycles. The second-order valence-electron chi connectivity index (χ2n) is 0.448. The molecule has 8 heteroatoms. The first kappa shape index (κ1) is 22.8. The fraction of sp³-hybridized carbons (Fsp3) is 0. The number of rotatable bonds is 0. The first-order valence-electron chi connectivity index (χ1n) is 0.698. The van der Waals surface area contributed by atoms with Gasteiger partial charge in [-0.25, -0.2) is 0 Å². The van der Waals surface area contributed by atoms with Crippen LogP contribution in [0.1, 0.15) is 0 Å². The minimum absolute atomic E-state index is 0. The molecule has 0 rings (SSSR count). The van der Waals surface area contributed by atoms with Crippen molar-refractivity contribution in [3.8, 4) is 0 Å². The van der Waals surface area contributed by atoms with Crippen LogP contribution < -0.4 is 6.15 Å². The minimum Gasteiger partial charge on any atom is -0.344 e. The smallest absolute Gasteiger partial charge is 0.344 e. The molecule has 0 aromatic rings. The Morgan fingerprint density at radius 1 is 1.00 bits per heavy atom. The summed E-state index contributed by atoms with van der Waals surface area (Å²) in [6.07, 6.45) is 0. The molecule has 0 aliphatic heterocycles. The van der Waals surface area contributed by atoms with Crippen molar-refractivity contribution in [2.45, 2.75) is 0 Å². The van der Waals surface area contributed by atoms with Crippen LogP contribution in [0, 0.1) is 0 Å². The molecule has 0 bridgehead atoms. The summed E-state index contributed by atoms with van der Waals surface area (Å²) < 4.78 is 31.6. The molecular formula is H5Ag2NO4S. The van der Waals surface area contributed by atoms with E-state index in [-0.39, 0.29) is 50.9 Å². The van der Waals surface area contributed by atoms with E-state index in [0.29, 0.717) is 0 Å². The van der Waals surface area contributed by atoms with E-state index in [1.165, 1.54) is 0 Å². The molecule has 5 N–H and O–H groups in total. The van der Waals surface area contributed by atoms with Crippen molar-refractivity contribution in [2.75, 3.05) is 0 Å². The maximum atomic E-state index is 8.74.